The Bertz CT molecular complexity index is 718. The molecule has 8 heteroatoms. The van der Waals surface area contributed by atoms with Crippen molar-refractivity contribution < 1.29 is 4.79 Å². The molecule has 1 aliphatic rings. The summed E-state index contributed by atoms with van der Waals surface area (Å²) in [6, 6.07) is 0.123. The number of thiazole rings is 1. The van der Waals surface area contributed by atoms with E-state index in [4.69, 9.17) is 5.73 Å². The number of hydrogen-bond acceptors (Lipinski definition) is 7. The van der Waals surface area contributed by atoms with Crippen LogP contribution in [0.3, 0.4) is 0 Å². The van der Waals surface area contributed by atoms with Gasteiger partial charge in [-0.2, -0.15) is 0 Å². The van der Waals surface area contributed by atoms with E-state index < -0.39 is 0 Å². The maximum atomic E-state index is 12.3. The Morgan fingerprint density at radius 2 is 2.21 bits per heavy atom. The molecule has 2 unspecified atom stereocenters. The highest BCUT2D eigenvalue weighted by Gasteiger charge is 2.28. The SMILES string of the molecule is Cc1ncc(CN2CCC(NC(=O)c3nccnc3N)C(C)C2)s1. The minimum atomic E-state index is -0.246. The first-order valence-corrected chi connectivity index (χ1v) is 8.85. The minimum Gasteiger partial charge on any atom is -0.382 e. The van der Waals surface area contributed by atoms with Crippen LogP contribution in [0.25, 0.3) is 0 Å². The van der Waals surface area contributed by atoms with Gasteiger partial charge in [-0.1, -0.05) is 6.92 Å². The zero-order valence-electron chi connectivity index (χ0n) is 13.9. The van der Waals surface area contributed by atoms with Crippen LogP contribution in [0.15, 0.2) is 18.6 Å². The molecular formula is C16H22N6OS. The van der Waals surface area contributed by atoms with Crippen molar-refractivity contribution in [1.29, 1.82) is 0 Å². The molecule has 0 spiro atoms. The van der Waals surface area contributed by atoms with Crippen LogP contribution >= 0.6 is 11.3 Å². The molecule has 3 N–H and O–H groups in total. The molecule has 0 saturated carbocycles. The first kappa shape index (κ1) is 16.8. The minimum absolute atomic E-state index is 0.123. The van der Waals surface area contributed by atoms with Crippen molar-refractivity contribution in [2.24, 2.45) is 5.92 Å². The summed E-state index contributed by atoms with van der Waals surface area (Å²) >= 11 is 1.74. The van der Waals surface area contributed by atoms with Crippen molar-refractivity contribution in [2.45, 2.75) is 32.9 Å². The van der Waals surface area contributed by atoms with E-state index in [1.165, 1.54) is 17.3 Å². The Balaban J connectivity index is 1.56. The van der Waals surface area contributed by atoms with E-state index in [2.05, 4.69) is 32.1 Å². The summed E-state index contributed by atoms with van der Waals surface area (Å²) in [6.45, 7) is 7.00. The number of likely N-dealkylation sites (tertiary alicyclic amines) is 1. The van der Waals surface area contributed by atoms with Crippen molar-refractivity contribution in [2.75, 3.05) is 18.8 Å². The van der Waals surface area contributed by atoms with Crippen LogP contribution in [0.4, 0.5) is 5.82 Å². The second-order valence-corrected chi connectivity index (χ2v) is 7.54. The number of rotatable bonds is 4. The molecule has 1 fully saturated rings. The van der Waals surface area contributed by atoms with Gasteiger partial charge in [0.05, 0.1) is 5.01 Å². The van der Waals surface area contributed by atoms with E-state index in [-0.39, 0.29) is 23.5 Å². The second-order valence-electron chi connectivity index (χ2n) is 6.22. The van der Waals surface area contributed by atoms with E-state index in [1.807, 2.05) is 13.1 Å². The van der Waals surface area contributed by atoms with Crippen molar-refractivity contribution in [3.05, 3.63) is 34.2 Å². The lowest BCUT2D eigenvalue weighted by Crippen LogP contribution is -2.49. The smallest absolute Gasteiger partial charge is 0.273 e. The number of nitrogens with two attached hydrogens (primary N) is 1. The van der Waals surface area contributed by atoms with Gasteiger partial charge in [-0.25, -0.2) is 15.0 Å². The fourth-order valence-electron chi connectivity index (χ4n) is 3.05. The average molecular weight is 346 g/mol. The highest BCUT2D eigenvalue weighted by Crippen LogP contribution is 2.21. The molecule has 0 aromatic carbocycles. The van der Waals surface area contributed by atoms with E-state index in [1.54, 1.807) is 11.3 Å². The number of nitrogens with zero attached hydrogens (tertiary/aromatic N) is 4. The average Bonchev–Trinajstić information content (AvgIpc) is 2.95. The number of aryl methyl sites for hydroxylation is 1. The number of nitrogen functional groups attached to an aromatic ring is 1. The molecule has 24 heavy (non-hydrogen) atoms. The van der Waals surface area contributed by atoms with Gasteiger partial charge in [0.1, 0.15) is 0 Å². The quantitative estimate of drug-likeness (QED) is 0.870. The van der Waals surface area contributed by atoms with Crippen molar-refractivity contribution in [3.8, 4) is 0 Å². The highest BCUT2D eigenvalue weighted by atomic mass is 32.1. The first-order valence-electron chi connectivity index (χ1n) is 8.04. The number of anilines is 1. The molecule has 2 aromatic heterocycles. The lowest BCUT2D eigenvalue weighted by atomic mass is 9.93. The molecule has 3 heterocycles. The van der Waals surface area contributed by atoms with Gasteiger partial charge in [0.15, 0.2) is 11.5 Å². The number of aromatic nitrogens is 3. The van der Waals surface area contributed by atoms with Crippen LogP contribution in [0, 0.1) is 12.8 Å². The van der Waals surface area contributed by atoms with Crippen LogP contribution in [0.2, 0.25) is 0 Å². The molecule has 1 amide bonds. The Labute approximate surface area is 145 Å². The third-order valence-electron chi connectivity index (χ3n) is 4.30. The van der Waals surface area contributed by atoms with Crippen LogP contribution in [-0.2, 0) is 6.54 Å². The number of hydrogen-bond donors (Lipinski definition) is 2. The maximum Gasteiger partial charge on any atom is 0.273 e. The van der Waals surface area contributed by atoms with Crippen LogP contribution < -0.4 is 11.1 Å². The second kappa shape index (κ2) is 7.23. The monoisotopic (exact) mass is 346 g/mol. The number of amides is 1. The normalized spacial score (nSPS) is 21.6. The summed E-state index contributed by atoms with van der Waals surface area (Å²) in [5, 5.41) is 4.16. The van der Waals surface area contributed by atoms with Crippen molar-refractivity contribution in [1.82, 2.24) is 25.2 Å². The summed E-state index contributed by atoms with van der Waals surface area (Å²) in [4.78, 5) is 28.3. The van der Waals surface area contributed by atoms with Crippen molar-refractivity contribution >= 4 is 23.1 Å². The van der Waals surface area contributed by atoms with E-state index in [0.29, 0.717) is 5.92 Å². The molecular weight excluding hydrogens is 324 g/mol. The number of piperidine rings is 1. The predicted octanol–water partition coefficient (Wildman–Crippen LogP) is 1.46. The Hall–Kier alpha value is -2.06. The van der Waals surface area contributed by atoms with Crippen LogP contribution in [-0.4, -0.2) is 44.9 Å². The fourth-order valence-corrected chi connectivity index (χ4v) is 3.89. The standard InChI is InChI=1S/C16H22N6OS/c1-10-8-22(9-12-7-20-11(2)24-12)6-3-13(10)21-16(23)14-15(17)19-5-4-18-14/h4-5,7,10,13H,3,6,8-9H2,1-2H3,(H2,17,19)(H,21,23). The zero-order valence-corrected chi connectivity index (χ0v) is 14.7. The fraction of sp³-hybridized carbons (Fsp3) is 0.500. The first-order chi connectivity index (χ1) is 11.5. The largest absolute Gasteiger partial charge is 0.382 e. The van der Waals surface area contributed by atoms with Gasteiger partial charge in [-0.05, 0) is 19.3 Å². The summed E-state index contributed by atoms with van der Waals surface area (Å²) in [6.07, 6.45) is 5.82. The lowest BCUT2D eigenvalue weighted by Gasteiger charge is -2.37. The summed E-state index contributed by atoms with van der Waals surface area (Å²) < 4.78 is 0. The number of nitrogens with one attached hydrogen (secondary N) is 1. The maximum absolute atomic E-state index is 12.3. The van der Waals surface area contributed by atoms with Crippen molar-refractivity contribution in [3.63, 3.8) is 0 Å². The molecule has 3 rings (SSSR count). The molecule has 2 aromatic rings. The van der Waals surface area contributed by atoms with Crippen LogP contribution in [0.1, 0.15) is 33.7 Å². The van der Waals surface area contributed by atoms with E-state index in [0.717, 1.165) is 31.1 Å². The van der Waals surface area contributed by atoms with Gasteiger partial charge in [0.25, 0.3) is 5.91 Å². The third-order valence-corrected chi connectivity index (χ3v) is 5.19. The number of carbonyl (C=O) groups excluding carboxylic acids is 1. The molecule has 1 saturated heterocycles. The number of carbonyl (C=O) groups is 1. The predicted molar refractivity (Wildman–Crippen MR) is 93.6 cm³/mol. The molecule has 0 radical (unpaired) electrons. The van der Waals surface area contributed by atoms with E-state index in [9.17, 15) is 4.79 Å². The molecule has 7 nitrogen and oxygen atoms in total. The van der Waals surface area contributed by atoms with Gasteiger partial charge >= 0.3 is 0 Å². The molecule has 2 atom stereocenters. The summed E-state index contributed by atoms with van der Waals surface area (Å²) in [5.41, 5.74) is 5.92. The van der Waals surface area contributed by atoms with Crippen LogP contribution in [0.5, 0.6) is 0 Å². The molecule has 128 valence electrons. The molecule has 0 bridgehead atoms. The molecule has 0 aliphatic carbocycles. The van der Waals surface area contributed by atoms with Gasteiger partial charge in [-0.15, -0.1) is 11.3 Å². The van der Waals surface area contributed by atoms with Gasteiger partial charge in [-0.3, -0.25) is 9.69 Å². The van der Waals surface area contributed by atoms with Gasteiger partial charge < -0.3 is 11.1 Å². The summed E-state index contributed by atoms with van der Waals surface area (Å²) in [7, 11) is 0. The lowest BCUT2D eigenvalue weighted by molar-refractivity contribution is 0.0857. The third kappa shape index (κ3) is 3.88. The Morgan fingerprint density at radius 3 is 2.88 bits per heavy atom. The van der Waals surface area contributed by atoms with Gasteiger partial charge in [0, 0.05) is 49.1 Å². The zero-order chi connectivity index (χ0) is 17.1. The Morgan fingerprint density at radius 1 is 1.42 bits per heavy atom. The van der Waals surface area contributed by atoms with E-state index >= 15 is 0 Å². The summed E-state index contributed by atoms with van der Waals surface area (Å²) in [5.74, 6) is 0.277. The van der Waals surface area contributed by atoms with Gasteiger partial charge in [0.2, 0.25) is 0 Å². The topological polar surface area (TPSA) is 97.0 Å². The Kier molecular flexibility index (Phi) is 5.06. The molecule has 1 aliphatic heterocycles. The highest BCUT2D eigenvalue weighted by molar-refractivity contribution is 7.11.